The first-order chi connectivity index (χ1) is 8.50. The Morgan fingerprint density at radius 3 is 2.67 bits per heavy atom. The molecule has 0 bridgehead atoms. The Morgan fingerprint density at radius 2 is 2.06 bits per heavy atom. The normalized spacial score (nSPS) is 17.6. The molecule has 7 heteroatoms. The number of hydrogen-bond acceptors (Lipinski definition) is 4. The zero-order chi connectivity index (χ0) is 13.2. The van der Waals surface area contributed by atoms with Gasteiger partial charge in [-0.3, -0.25) is 0 Å². The number of thiophene rings is 1. The molecule has 0 spiro atoms. The third-order valence-corrected chi connectivity index (χ3v) is 6.01. The van der Waals surface area contributed by atoms with E-state index in [1.807, 2.05) is 0 Å². The van der Waals surface area contributed by atoms with Crippen molar-refractivity contribution in [3.63, 3.8) is 0 Å². The van der Waals surface area contributed by atoms with Gasteiger partial charge in [-0.15, -0.1) is 11.3 Å². The Labute approximate surface area is 109 Å². The smallest absolute Gasteiger partial charge is 0.328 e. The Balaban J connectivity index is 2.21. The van der Waals surface area contributed by atoms with Crippen molar-refractivity contribution in [3.8, 4) is 0 Å². The minimum atomic E-state index is -3.39. The van der Waals surface area contributed by atoms with Crippen LogP contribution in [0, 0.1) is 0 Å². The van der Waals surface area contributed by atoms with Gasteiger partial charge < -0.3 is 5.11 Å². The Morgan fingerprint density at radius 1 is 1.39 bits per heavy atom. The molecule has 2 rings (SSSR count). The van der Waals surface area contributed by atoms with Gasteiger partial charge in [-0.05, 0) is 35.9 Å². The summed E-state index contributed by atoms with van der Waals surface area (Å²) in [6.45, 7) is 1.14. The van der Waals surface area contributed by atoms with Crippen LogP contribution in [-0.2, 0) is 14.8 Å². The molecule has 98 valence electrons. The minimum Gasteiger partial charge on any atom is -0.478 e. The molecular formula is C11H13NO4S2. The Bertz CT molecular complexity index is 568. The van der Waals surface area contributed by atoms with Crippen molar-refractivity contribution in [1.82, 2.24) is 4.31 Å². The number of carboxylic acid groups (broad SMARTS) is 1. The summed E-state index contributed by atoms with van der Waals surface area (Å²) in [5, 5.41) is 10.1. The van der Waals surface area contributed by atoms with Gasteiger partial charge in [-0.1, -0.05) is 0 Å². The van der Waals surface area contributed by atoms with Crippen LogP contribution in [0.3, 0.4) is 0 Å². The molecule has 1 aromatic heterocycles. The predicted molar refractivity (Wildman–Crippen MR) is 69.0 cm³/mol. The highest BCUT2D eigenvalue weighted by Crippen LogP contribution is 2.26. The lowest BCUT2D eigenvalue weighted by Crippen LogP contribution is -2.27. The molecule has 1 fully saturated rings. The van der Waals surface area contributed by atoms with Gasteiger partial charge in [-0.25, -0.2) is 13.2 Å². The summed E-state index contributed by atoms with van der Waals surface area (Å²) in [5.41, 5.74) is 0.597. The summed E-state index contributed by atoms with van der Waals surface area (Å²) in [7, 11) is -3.39. The molecule has 0 amide bonds. The van der Waals surface area contributed by atoms with E-state index in [0.29, 0.717) is 18.7 Å². The third kappa shape index (κ3) is 2.80. The first-order valence-corrected chi connectivity index (χ1v) is 7.82. The number of carbonyl (C=O) groups is 1. The fraction of sp³-hybridized carbons (Fsp3) is 0.364. The molecule has 1 aliphatic heterocycles. The zero-order valence-corrected chi connectivity index (χ0v) is 11.2. The molecule has 1 saturated heterocycles. The highest BCUT2D eigenvalue weighted by atomic mass is 32.2. The predicted octanol–water partition coefficient (Wildman–Crippen LogP) is 1.63. The molecule has 0 atom stereocenters. The van der Waals surface area contributed by atoms with E-state index in [1.54, 1.807) is 5.38 Å². The van der Waals surface area contributed by atoms with Crippen LogP contribution in [0.2, 0.25) is 0 Å². The first-order valence-electron chi connectivity index (χ1n) is 5.50. The second kappa shape index (κ2) is 5.21. The highest BCUT2D eigenvalue weighted by molar-refractivity contribution is 7.91. The number of carboxylic acids is 1. The SMILES string of the molecule is O=C(O)/C=C/c1csc(S(=O)(=O)N2CCCC2)c1. The van der Waals surface area contributed by atoms with Crippen LogP contribution in [0.4, 0.5) is 0 Å². The third-order valence-electron chi connectivity index (χ3n) is 2.67. The van der Waals surface area contributed by atoms with Crippen molar-refractivity contribution in [2.75, 3.05) is 13.1 Å². The van der Waals surface area contributed by atoms with E-state index in [-0.39, 0.29) is 4.21 Å². The standard InChI is InChI=1S/C11H13NO4S2/c13-10(14)4-3-9-7-11(17-8-9)18(15,16)12-5-1-2-6-12/h3-4,7-8H,1-2,5-6H2,(H,13,14)/b4-3+. The van der Waals surface area contributed by atoms with E-state index in [2.05, 4.69) is 0 Å². The number of hydrogen-bond donors (Lipinski definition) is 1. The molecule has 1 aromatic rings. The molecule has 1 N–H and O–H groups in total. The van der Waals surface area contributed by atoms with Gasteiger partial charge in [0.25, 0.3) is 10.0 Å². The van der Waals surface area contributed by atoms with Gasteiger partial charge in [0.1, 0.15) is 4.21 Å². The first kappa shape index (κ1) is 13.3. The van der Waals surface area contributed by atoms with Crippen LogP contribution in [0.1, 0.15) is 18.4 Å². The van der Waals surface area contributed by atoms with Crippen LogP contribution in [0.15, 0.2) is 21.7 Å². The van der Waals surface area contributed by atoms with Crippen LogP contribution in [0.25, 0.3) is 6.08 Å². The molecule has 5 nitrogen and oxygen atoms in total. The van der Waals surface area contributed by atoms with Crippen LogP contribution < -0.4 is 0 Å². The summed E-state index contributed by atoms with van der Waals surface area (Å²) in [4.78, 5) is 10.4. The van der Waals surface area contributed by atoms with E-state index in [9.17, 15) is 13.2 Å². The summed E-state index contributed by atoms with van der Waals surface area (Å²) < 4.78 is 26.1. The maximum atomic E-state index is 12.2. The maximum Gasteiger partial charge on any atom is 0.328 e. The number of aliphatic carboxylic acids is 1. The highest BCUT2D eigenvalue weighted by Gasteiger charge is 2.28. The van der Waals surface area contributed by atoms with Crippen LogP contribution in [0.5, 0.6) is 0 Å². The van der Waals surface area contributed by atoms with E-state index in [0.717, 1.165) is 30.3 Å². The molecule has 0 radical (unpaired) electrons. The largest absolute Gasteiger partial charge is 0.478 e. The average Bonchev–Trinajstić information content (AvgIpc) is 2.98. The van der Waals surface area contributed by atoms with E-state index in [1.165, 1.54) is 16.4 Å². The monoisotopic (exact) mass is 287 g/mol. The average molecular weight is 287 g/mol. The second-order valence-electron chi connectivity index (χ2n) is 3.98. The van der Waals surface area contributed by atoms with Crippen molar-refractivity contribution in [1.29, 1.82) is 0 Å². The van der Waals surface area contributed by atoms with Crippen molar-refractivity contribution in [2.24, 2.45) is 0 Å². The van der Waals surface area contributed by atoms with Crippen molar-refractivity contribution in [2.45, 2.75) is 17.1 Å². The molecule has 2 heterocycles. The topological polar surface area (TPSA) is 74.7 Å². The zero-order valence-electron chi connectivity index (χ0n) is 9.57. The molecular weight excluding hydrogens is 274 g/mol. The summed E-state index contributed by atoms with van der Waals surface area (Å²) in [5.74, 6) is -1.05. The molecule has 1 aliphatic rings. The fourth-order valence-corrected chi connectivity index (χ4v) is 4.60. The van der Waals surface area contributed by atoms with Gasteiger partial charge in [-0.2, -0.15) is 4.31 Å². The van der Waals surface area contributed by atoms with Crippen molar-refractivity contribution < 1.29 is 18.3 Å². The van der Waals surface area contributed by atoms with Gasteiger partial charge >= 0.3 is 5.97 Å². The minimum absolute atomic E-state index is 0.273. The quantitative estimate of drug-likeness (QED) is 0.854. The lowest BCUT2D eigenvalue weighted by molar-refractivity contribution is -0.131. The summed E-state index contributed by atoms with van der Waals surface area (Å²) in [6.07, 6.45) is 4.18. The van der Waals surface area contributed by atoms with E-state index in [4.69, 9.17) is 5.11 Å². The number of nitrogens with zero attached hydrogens (tertiary/aromatic N) is 1. The lowest BCUT2D eigenvalue weighted by Gasteiger charge is -2.13. The van der Waals surface area contributed by atoms with Crippen LogP contribution in [-0.4, -0.2) is 36.9 Å². The molecule has 0 saturated carbocycles. The summed E-state index contributed by atoms with van der Waals surface area (Å²) in [6, 6.07) is 1.51. The van der Waals surface area contributed by atoms with Crippen molar-refractivity contribution in [3.05, 3.63) is 23.1 Å². The molecule has 0 aliphatic carbocycles. The van der Waals surface area contributed by atoms with Crippen LogP contribution >= 0.6 is 11.3 Å². The number of rotatable bonds is 4. The van der Waals surface area contributed by atoms with Gasteiger partial charge in [0, 0.05) is 19.2 Å². The molecule has 0 aromatic carbocycles. The lowest BCUT2D eigenvalue weighted by atomic mass is 10.3. The molecule has 0 unspecified atom stereocenters. The van der Waals surface area contributed by atoms with Gasteiger partial charge in [0.15, 0.2) is 0 Å². The van der Waals surface area contributed by atoms with Crippen molar-refractivity contribution >= 4 is 33.4 Å². The van der Waals surface area contributed by atoms with Gasteiger partial charge in [0.05, 0.1) is 0 Å². The van der Waals surface area contributed by atoms with E-state index < -0.39 is 16.0 Å². The number of sulfonamides is 1. The Hall–Kier alpha value is -1.18. The maximum absolute atomic E-state index is 12.2. The van der Waals surface area contributed by atoms with E-state index >= 15 is 0 Å². The summed E-state index contributed by atoms with van der Waals surface area (Å²) >= 11 is 1.12. The fourth-order valence-electron chi connectivity index (χ4n) is 1.78. The van der Waals surface area contributed by atoms with Gasteiger partial charge in [0.2, 0.25) is 0 Å². The molecule has 18 heavy (non-hydrogen) atoms. The Kier molecular flexibility index (Phi) is 3.84. The second-order valence-corrected chi connectivity index (χ2v) is 7.06.